The van der Waals surface area contributed by atoms with Gasteiger partial charge in [0.05, 0.1) is 6.61 Å². The van der Waals surface area contributed by atoms with E-state index in [4.69, 9.17) is 4.74 Å². The van der Waals surface area contributed by atoms with Crippen LogP contribution in [-0.2, 0) is 17.8 Å². The third-order valence-electron chi connectivity index (χ3n) is 3.18. The predicted molar refractivity (Wildman–Crippen MR) is 84.3 cm³/mol. The standard InChI is InChI=1S/C15H25BrN2O/c1-12(2)18(7-8-19-4)11-14-6-5-13(10-17-3)9-15(14)16/h5-6,9,12,17H,7-8,10-11H2,1-4H3. The van der Waals surface area contributed by atoms with E-state index in [9.17, 15) is 0 Å². The van der Waals surface area contributed by atoms with Crippen LogP contribution in [0, 0.1) is 0 Å². The minimum atomic E-state index is 0.513. The topological polar surface area (TPSA) is 24.5 Å². The molecule has 0 atom stereocenters. The van der Waals surface area contributed by atoms with Gasteiger partial charge in [0, 0.05) is 37.3 Å². The van der Waals surface area contributed by atoms with Crippen LogP contribution in [0.5, 0.6) is 0 Å². The second-order valence-corrected chi connectivity index (χ2v) is 5.87. The Hall–Kier alpha value is -0.420. The molecule has 0 saturated heterocycles. The van der Waals surface area contributed by atoms with Gasteiger partial charge in [-0.3, -0.25) is 4.90 Å². The highest BCUT2D eigenvalue weighted by Gasteiger charge is 2.11. The molecule has 1 aromatic carbocycles. The van der Waals surface area contributed by atoms with Gasteiger partial charge in [-0.2, -0.15) is 0 Å². The molecule has 0 radical (unpaired) electrons. The van der Waals surface area contributed by atoms with Crippen LogP contribution in [0.2, 0.25) is 0 Å². The van der Waals surface area contributed by atoms with Crippen molar-refractivity contribution in [3.8, 4) is 0 Å². The van der Waals surface area contributed by atoms with Gasteiger partial charge in [-0.15, -0.1) is 0 Å². The molecule has 0 bridgehead atoms. The molecule has 0 aliphatic carbocycles. The van der Waals surface area contributed by atoms with Gasteiger partial charge < -0.3 is 10.1 Å². The minimum absolute atomic E-state index is 0.513. The van der Waals surface area contributed by atoms with Gasteiger partial charge in [0.25, 0.3) is 0 Å². The second kappa shape index (κ2) is 8.69. The monoisotopic (exact) mass is 328 g/mol. The van der Waals surface area contributed by atoms with Crippen molar-refractivity contribution in [1.29, 1.82) is 0 Å². The Morgan fingerprint density at radius 2 is 2.11 bits per heavy atom. The largest absolute Gasteiger partial charge is 0.383 e. The zero-order valence-electron chi connectivity index (χ0n) is 12.4. The van der Waals surface area contributed by atoms with Gasteiger partial charge in [-0.1, -0.05) is 28.1 Å². The van der Waals surface area contributed by atoms with Crippen molar-refractivity contribution in [3.05, 3.63) is 33.8 Å². The van der Waals surface area contributed by atoms with Gasteiger partial charge in [0.2, 0.25) is 0 Å². The van der Waals surface area contributed by atoms with Crippen molar-refractivity contribution >= 4 is 15.9 Å². The summed E-state index contributed by atoms with van der Waals surface area (Å²) in [5.74, 6) is 0. The highest BCUT2D eigenvalue weighted by atomic mass is 79.9. The Bertz CT molecular complexity index is 382. The van der Waals surface area contributed by atoms with Gasteiger partial charge in [0.15, 0.2) is 0 Å². The second-order valence-electron chi connectivity index (χ2n) is 5.01. The summed E-state index contributed by atoms with van der Waals surface area (Å²) < 4.78 is 6.36. The summed E-state index contributed by atoms with van der Waals surface area (Å²) in [6.07, 6.45) is 0. The van der Waals surface area contributed by atoms with E-state index >= 15 is 0 Å². The van der Waals surface area contributed by atoms with Crippen molar-refractivity contribution < 1.29 is 4.74 Å². The van der Waals surface area contributed by atoms with E-state index in [0.717, 1.165) is 26.2 Å². The summed E-state index contributed by atoms with van der Waals surface area (Å²) in [5.41, 5.74) is 2.62. The average molecular weight is 329 g/mol. The average Bonchev–Trinajstić information content (AvgIpc) is 2.36. The van der Waals surface area contributed by atoms with Gasteiger partial charge in [-0.05, 0) is 38.1 Å². The van der Waals surface area contributed by atoms with Crippen LogP contribution in [-0.4, -0.2) is 38.3 Å². The third kappa shape index (κ3) is 5.61. The third-order valence-corrected chi connectivity index (χ3v) is 3.92. The molecule has 108 valence electrons. The molecule has 3 nitrogen and oxygen atoms in total. The summed E-state index contributed by atoms with van der Waals surface area (Å²) in [5, 5.41) is 3.17. The van der Waals surface area contributed by atoms with Gasteiger partial charge in [0.1, 0.15) is 0 Å². The lowest BCUT2D eigenvalue weighted by molar-refractivity contribution is 0.125. The first-order chi connectivity index (χ1) is 9.08. The summed E-state index contributed by atoms with van der Waals surface area (Å²) in [4.78, 5) is 2.42. The Morgan fingerprint density at radius 1 is 1.37 bits per heavy atom. The van der Waals surface area contributed by atoms with Crippen molar-refractivity contribution in [3.63, 3.8) is 0 Å². The highest BCUT2D eigenvalue weighted by Crippen LogP contribution is 2.21. The van der Waals surface area contributed by atoms with Gasteiger partial charge in [-0.25, -0.2) is 0 Å². The molecule has 0 aliphatic heterocycles. The Morgan fingerprint density at radius 3 is 2.63 bits per heavy atom. The molecule has 1 N–H and O–H groups in total. The fourth-order valence-electron chi connectivity index (χ4n) is 1.98. The lowest BCUT2D eigenvalue weighted by Crippen LogP contribution is -2.33. The summed E-state index contributed by atoms with van der Waals surface area (Å²) in [6.45, 7) is 8.02. The Balaban J connectivity index is 2.73. The highest BCUT2D eigenvalue weighted by molar-refractivity contribution is 9.10. The number of hydrogen-bond acceptors (Lipinski definition) is 3. The number of benzene rings is 1. The molecule has 0 saturated carbocycles. The SMILES string of the molecule is CNCc1ccc(CN(CCOC)C(C)C)c(Br)c1. The molecule has 4 heteroatoms. The molecular formula is C15H25BrN2O. The van der Waals surface area contributed by atoms with Crippen molar-refractivity contribution in [2.75, 3.05) is 27.3 Å². The normalized spacial score (nSPS) is 11.5. The van der Waals surface area contributed by atoms with Crippen LogP contribution in [0.25, 0.3) is 0 Å². The number of nitrogens with one attached hydrogen (secondary N) is 1. The van der Waals surface area contributed by atoms with E-state index in [1.165, 1.54) is 15.6 Å². The van der Waals surface area contributed by atoms with E-state index in [1.807, 2.05) is 7.05 Å². The number of halogens is 1. The molecule has 0 unspecified atom stereocenters. The molecule has 0 spiro atoms. The number of rotatable bonds is 8. The zero-order chi connectivity index (χ0) is 14.3. The maximum atomic E-state index is 5.18. The first-order valence-corrected chi connectivity index (χ1v) is 7.52. The van der Waals surface area contributed by atoms with Crippen molar-refractivity contribution in [1.82, 2.24) is 10.2 Å². The first kappa shape index (κ1) is 16.6. The zero-order valence-corrected chi connectivity index (χ0v) is 14.0. The predicted octanol–water partition coefficient (Wildman–Crippen LogP) is 3.03. The molecule has 0 amide bonds. The molecule has 0 aliphatic rings. The Labute approximate surface area is 125 Å². The molecule has 0 fully saturated rings. The van der Waals surface area contributed by atoms with E-state index in [2.05, 4.69) is 58.2 Å². The van der Waals surface area contributed by atoms with E-state index < -0.39 is 0 Å². The number of hydrogen-bond donors (Lipinski definition) is 1. The van der Waals surface area contributed by atoms with Crippen LogP contribution in [0.4, 0.5) is 0 Å². The molecule has 0 heterocycles. The summed E-state index contributed by atoms with van der Waals surface area (Å²) >= 11 is 3.68. The summed E-state index contributed by atoms with van der Waals surface area (Å²) in [6, 6.07) is 7.10. The quantitative estimate of drug-likeness (QED) is 0.793. The lowest BCUT2D eigenvalue weighted by Gasteiger charge is -2.26. The van der Waals surface area contributed by atoms with E-state index in [-0.39, 0.29) is 0 Å². The number of nitrogens with zero attached hydrogens (tertiary/aromatic N) is 1. The Kier molecular flexibility index (Phi) is 7.61. The van der Waals surface area contributed by atoms with Crippen LogP contribution < -0.4 is 5.32 Å². The fourth-order valence-corrected chi connectivity index (χ4v) is 2.53. The van der Waals surface area contributed by atoms with Crippen LogP contribution in [0.3, 0.4) is 0 Å². The molecule has 19 heavy (non-hydrogen) atoms. The van der Waals surface area contributed by atoms with Crippen molar-refractivity contribution in [2.24, 2.45) is 0 Å². The van der Waals surface area contributed by atoms with Crippen molar-refractivity contribution in [2.45, 2.75) is 33.0 Å². The van der Waals surface area contributed by atoms with E-state index in [0.29, 0.717) is 6.04 Å². The number of methoxy groups -OCH3 is 1. The molecule has 1 aromatic rings. The van der Waals surface area contributed by atoms with E-state index in [1.54, 1.807) is 7.11 Å². The summed E-state index contributed by atoms with van der Waals surface area (Å²) in [7, 11) is 3.72. The molecule has 1 rings (SSSR count). The number of ether oxygens (including phenoxy) is 1. The fraction of sp³-hybridized carbons (Fsp3) is 0.600. The molecular weight excluding hydrogens is 304 g/mol. The van der Waals surface area contributed by atoms with Gasteiger partial charge >= 0.3 is 0 Å². The first-order valence-electron chi connectivity index (χ1n) is 6.73. The smallest absolute Gasteiger partial charge is 0.0589 e. The van der Waals surface area contributed by atoms with Crippen LogP contribution in [0.15, 0.2) is 22.7 Å². The van der Waals surface area contributed by atoms with Crippen LogP contribution in [0.1, 0.15) is 25.0 Å². The maximum Gasteiger partial charge on any atom is 0.0589 e. The molecule has 0 aromatic heterocycles. The lowest BCUT2D eigenvalue weighted by atomic mass is 10.1. The maximum absolute atomic E-state index is 5.18. The van der Waals surface area contributed by atoms with Crippen LogP contribution >= 0.6 is 15.9 Å². The minimum Gasteiger partial charge on any atom is -0.383 e.